The maximum atomic E-state index is 12.6. The lowest BCUT2D eigenvalue weighted by Crippen LogP contribution is -2.53. The van der Waals surface area contributed by atoms with E-state index in [-0.39, 0.29) is 11.9 Å². The molecule has 1 aliphatic heterocycles. The van der Waals surface area contributed by atoms with Gasteiger partial charge in [-0.05, 0) is 12.5 Å². The normalized spacial score (nSPS) is 14.4. The van der Waals surface area contributed by atoms with Crippen molar-refractivity contribution in [2.45, 2.75) is 13.5 Å². The van der Waals surface area contributed by atoms with Crippen molar-refractivity contribution in [1.82, 2.24) is 30.1 Å². The fraction of sp³-hybridized carbons (Fsp3) is 0.412. The van der Waals surface area contributed by atoms with Crippen LogP contribution in [0.15, 0.2) is 36.5 Å². The number of benzene rings is 1. The Morgan fingerprint density at radius 3 is 2.44 bits per heavy atom. The lowest BCUT2D eigenvalue weighted by molar-refractivity contribution is 0.0659. The third-order valence-electron chi connectivity index (χ3n) is 4.13. The van der Waals surface area contributed by atoms with Crippen LogP contribution >= 0.6 is 0 Å². The molecule has 2 aromatic rings. The molecule has 8 nitrogen and oxygen atoms in total. The zero-order chi connectivity index (χ0) is 17.6. The van der Waals surface area contributed by atoms with Crippen LogP contribution < -0.4 is 5.32 Å². The molecule has 132 valence electrons. The number of nitrogens with one attached hydrogen (secondary N) is 1. The highest BCUT2D eigenvalue weighted by Gasteiger charge is 2.26. The Morgan fingerprint density at radius 2 is 1.76 bits per heavy atom. The minimum absolute atomic E-state index is 0.0802. The van der Waals surface area contributed by atoms with E-state index in [2.05, 4.69) is 15.6 Å². The summed E-state index contributed by atoms with van der Waals surface area (Å²) in [5.74, 6) is -0.144. The van der Waals surface area contributed by atoms with Crippen LogP contribution in [-0.4, -0.2) is 69.5 Å². The Kier molecular flexibility index (Phi) is 5.27. The van der Waals surface area contributed by atoms with Gasteiger partial charge in [-0.2, -0.15) is 0 Å². The van der Waals surface area contributed by atoms with Crippen LogP contribution in [0.4, 0.5) is 4.79 Å². The van der Waals surface area contributed by atoms with E-state index in [4.69, 9.17) is 0 Å². The number of hydrogen-bond acceptors (Lipinski definition) is 4. The summed E-state index contributed by atoms with van der Waals surface area (Å²) in [7, 11) is 0. The monoisotopic (exact) mass is 342 g/mol. The van der Waals surface area contributed by atoms with Crippen LogP contribution in [0.5, 0.6) is 0 Å². The summed E-state index contributed by atoms with van der Waals surface area (Å²) < 4.78 is 1.66. The van der Waals surface area contributed by atoms with E-state index in [0.29, 0.717) is 45.0 Å². The lowest BCUT2D eigenvalue weighted by Gasteiger charge is -2.34. The van der Waals surface area contributed by atoms with Gasteiger partial charge >= 0.3 is 6.03 Å². The molecule has 3 rings (SSSR count). The number of piperazine rings is 1. The summed E-state index contributed by atoms with van der Waals surface area (Å²) in [5, 5.41) is 10.8. The highest BCUT2D eigenvalue weighted by molar-refractivity contribution is 5.92. The summed E-state index contributed by atoms with van der Waals surface area (Å²) in [4.78, 5) is 27.8. The van der Waals surface area contributed by atoms with Crippen LogP contribution in [0.3, 0.4) is 0 Å². The van der Waals surface area contributed by atoms with E-state index in [1.54, 1.807) is 20.7 Å². The average molecular weight is 342 g/mol. The molecule has 8 heteroatoms. The van der Waals surface area contributed by atoms with Crippen molar-refractivity contribution in [1.29, 1.82) is 0 Å². The molecule has 25 heavy (non-hydrogen) atoms. The molecule has 2 heterocycles. The second-order valence-electron chi connectivity index (χ2n) is 5.90. The zero-order valence-corrected chi connectivity index (χ0v) is 14.3. The standard InChI is InChI=1S/C17H22N6O2/c1-2-18-17(25)22-10-8-21(9-11-22)16(24)15-13-23(20-19-15)12-14-6-4-3-5-7-14/h3-7,13H,2,8-12H2,1H3,(H,18,25). The molecule has 3 amide bonds. The zero-order valence-electron chi connectivity index (χ0n) is 14.3. The second kappa shape index (κ2) is 7.78. The third-order valence-corrected chi connectivity index (χ3v) is 4.13. The van der Waals surface area contributed by atoms with Gasteiger partial charge in [-0.15, -0.1) is 5.10 Å². The SMILES string of the molecule is CCNC(=O)N1CCN(C(=O)c2cn(Cc3ccccc3)nn2)CC1. The number of nitrogens with zero attached hydrogens (tertiary/aromatic N) is 5. The molecular weight excluding hydrogens is 320 g/mol. The average Bonchev–Trinajstić information content (AvgIpc) is 3.11. The van der Waals surface area contributed by atoms with Crippen molar-refractivity contribution in [3.8, 4) is 0 Å². The fourth-order valence-corrected chi connectivity index (χ4v) is 2.78. The lowest BCUT2D eigenvalue weighted by atomic mass is 10.2. The summed E-state index contributed by atoms with van der Waals surface area (Å²) in [6, 6.07) is 9.82. The van der Waals surface area contributed by atoms with Crippen molar-refractivity contribution in [2.75, 3.05) is 32.7 Å². The summed E-state index contributed by atoms with van der Waals surface area (Å²) in [6.07, 6.45) is 1.67. The third kappa shape index (κ3) is 4.14. The Labute approximate surface area is 146 Å². The van der Waals surface area contributed by atoms with E-state index in [1.165, 1.54) is 0 Å². The first-order valence-electron chi connectivity index (χ1n) is 8.43. The van der Waals surface area contributed by atoms with Crippen LogP contribution in [0.2, 0.25) is 0 Å². The van der Waals surface area contributed by atoms with E-state index >= 15 is 0 Å². The topological polar surface area (TPSA) is 83.4 Å². The second-order valence-corrected chi connectivity index (χ2v) is 5.90. The highest BCUT2D eigenvalue weighted by Crippen LogP contribution is 2.08. The van der Waals surface area contributed by atoms with Crippen molar-refractivity contribution in [3.63, 3.8) is 0 Å². The summed E-state index contributed by atoms with van der Waals surface area (Å²) >= 11 is 0. The number of hydrogen-bond donors (Lipinski definition) is 1. The van der Waals surface area contributed by atoms with Crippen molar-refractivity contribution < 1.29 is 9.59 Å². The van der Waals surface area contributed by atoms with Crippen LogP contribution in [-0.2, 0) is 6.54 Å². The number of aromatic nitrogens is 3. The predicted molar refractivity (Wildman–Crippen MR) is 92.1 cm³/mol. The van der Waals surface area contributed by atoms with Gasteiger partial charge in [-0.25, -0.2) is 9.48 Å². The van der Waals surface area contributed by atoms with Gasteiger partial charge in [0.25, 0.3) is 5.91 Å². The summed E-state index contributed by atoms with van der Waals surface area (Å²) in [5.41, 5.74) is 1.43. The minimum Gasteiger partial charge on any atom is -0.338 e. The Hall–Kier alpha value is -2.90. The number of rotatable bonds is 4. The van der Waals surface area contributed by atoms with Crippen molar-refractivity contribution in [2.24, 2.45) is 0 Å². The molecule has 0 saturated carbocycles. The number of amides is 3. The number of carbonyl (C=O) groups is 2. The molecular formula is C17H22N6O2. The van der Waals surface area contributed by atoms with E-state index in [1.807, 2.05) is 37.3 Å². The van der Waals surface area contributed by atoms with Gasteiger partial charge < -0.3 is 15.1 Å². The molecule has 0 unspecified atom stereocenters. The molecule has 1 aromatic carbocycles. The smallest absolute Gasteiger partial charge is 0.317 e. The minimum atomic E-state index is -0.144. The number of carbonyl (C=O) groups excluding carboxylic acids is 2. The van der Waals surface area contributed by atoms with Crippen LogP contribution in [0, 0.1) is 0 Å². The predicted octanol–water partition coefficient (Wildman–Crippen LogP) is 0.814. The molecule has 1 aliphatic rings. The highest BCUT2D eigenvalue weighted by atomic mass is 16.2. The molecule has 1 aromatic heterocycles. The molecule has 1 saturated heterocycles. The maximum Gasteiger partial charge on any atom is 0.317 e. The fourth-order valence-electron chi connectivity index (χ4n) is 2.78. The molecule has 1 fully saturated rings. The van der Waals surface area contributed by atoms with Gasteiger partial charge in [0.15, 0.2) is 5.69 Å². The molecule has 0 aliphatic carbocycles. The van der Waals surface area contributed by atoms with Crippen molar-refractivity contribution in [3.05, 3.63) is 47.8 Å². The first-order chi connectivity index (χ1) is 12.2. The van der Waals surface area contributed by atoms with Crippen molar-refractivity contribution >= 4 is 11.9 Å². The summed E-state index contributed by atoms with van der Waals surface area (Å²) in [6.45, 7) is 5.11. The molecule has 0 radical (unpaired) electrons. The van der Waals surface area contributed by atoms with Gasteiger partial charge in [0.1, 0.15) is 0 Å². The largest absolute Gasteiger partial charge is 0.338 e. The molecule has 0 bridgehead atoms. The van der Waals surface area contributed by atoms with Gasteiger partial charge in [-0.3, -0.25) is 4.79 Å². The Morgan fingerprint density at radius 1 is 1.08 bits per heavy atom. The molecule has 0 spiro atoms. The van der Waals surface area contributed by atoms with Crippen LogP contribution in [0.25, 0.3) is 0 Å². The Bertz CT molecular complexity index is 722. The first-order valence-corrected chi connectivity index (χ1v) is 8.43. The van der Waals surface area contributed by atoms with Crippen LogP contribution in [0.1, 0.15) is 23.0 Å². The molecule has 0 atom stereocenters. The number of urea groups is 1. The van der Waals surface area contributed by atoms with Gasteiger partial charge in [0, 0.05) is 32.7 Å². The van der Waals surface area contributed by atoms with E-state index in [9.17, 15) is 9.59 Å². The quantitative estimate of drug-likeness (QED) is 0.891. The van der Waals surface area contributed by atoms with Gasteiger partial charge in [-0.1, -0.05) is 35.5 Å². The maximum absolute atomic E-state index is 12.6. The molecule has 1 N–H and O–H groups in total. The van der Waals surface area contributed by atoms with E-state index < -0.39 is 0 Å². The van der Waals surface area contributed by atoms with Gasteiger partial charge in [0.05, 0.1) is 12.7 Å². The van der Waals surface area contributed by atoms with Gasteiger partial charge in [0.2, 0.25) is 0 Å². The Balaban J connectivity index is 1.56. The van der Waals surface area contributed by atoms with E-state index in [0.717, 1.165) is 5.56 Å². The first kappa shape index (κ1) is 16.9.